The van der Waals surface area contributed by atoms with Gasteiger partial charge in [0.05, 0.1) is 20.8 Å². The Bertz CT molecular complexity index is 739. The van der Waals surface area contributed by atoms with E-state index in [9.17, 15) is 4.79 Å². The van der Waals surface area contributed by atoms with Crippen molar-refractivity contribution in [2.75, 3.05) is 27.8 Å². The fourth-order valence-electron chi connectivity index (χ4n) is 3.11. The molecule has 0 spiro atoms. The van der Waals surface area contributed by atoms with Crippen LogP contribution >= 0.6 is 0 Å². The van der Waals surface area contributed by atoms with Crippen LogP contribution in [0, 0.1) is 0 Å². The summed E-state index contributed by atoms with van der Waals surface area (Å²) in [6.07, 6.45) is 2.34. The van der Waals surface area contributed by atoms with Crippen molar-refractivity contribution >= 4 is 5.91 Å². The van der Waals surface area contributed by atoms with E-state index in [1.807, 2.05) is 43.4 Å². The molecule has 1 aliphatic carbocycles. The zero-order valence-corrected chi connectivity index (χ0v) is 16.4. The van der Waals surface area contributed by atoms with Crippen molar-refractivity contribution in [1.82, 2.24) is 9.80 Å². The second kappa shape index (κ2) is 8.91. The molecular weight excluding hydrogens is 340 g/mol. The lowest BCUT2D eigenvalue weighted by Gasteiger charge is -2.25. The first-order chi connectivity index (χ1) is 13.1. The zero-order chi connectivity index (χ0) is 19.2. The highest BCUT2D eigenvalue weighted by Gasteiger charge is 2.31. The molecule has 27 heavy (non-hydrogen) atoms. The minimum absolute atomic E-state index is 0.145. The first-order valence-corrected chi connectivity index (χ1v) is 9.33. The van der Waals surface area contributed by atoms with Crippen LogP contribution in [0.1, 0.15) is 24.0 Å². The van der Waals surface area contributed by atoms with Crippen LogP contribution in [0.2, 0.25) is 0 Å². The van der Waals surface area contributed by atoms with E-state index in [-0.39, 0.29) is 5.91 Å². The van der Waals surface area contributed by atoms with E-state index in [2.05, 4.69) is 17.0 Å². The van der Waals surface area contributed by atoms with Crippen LogP contribution in [0.15, 0.2) is 48.5 Å². The number of rotatable bonds is 9. The Morgan fingerprint density at radius 3 is 1.81 bits per heavy atom. The smallest absolute Gasteiger partial charge is 0.236 e. The number of nitrogens with zero attached hydrogens (tertiary/aromatic N) is 2. The van der Waals surface area contributed by atoms with Gasteiger partial charge in [-0.25, -0.2) is 0 Å². The van der Waals surface area contributed by atoms with Crippen molar-refractivity contribution in [3.8, 4) is 11.5 Å². The monoisotopic (exact) mass is 368 g/mol. The number of carbonyl (C=O) groups is 1. The molecule has 1 aliphatic rings. The third kappa shape index (κ3) is 5.47. The summed E-state index contributed by atoms with van der Waals surface area (Å²) in [5.41, 5.74) is 2.30. The first kappa shape index (κ1) is 19.2. The molecule has 0 heterocycles. The molecule has 2 aromatic rings. The summed E-state index contributed by atoms with van der Waals surface area (Å²) >= 11 is 0. The average molecular weight is 368 g/mol. The number of hydrogen-bond acceptors (Lipinski definition) is 4. The van der Waals surface area contributed by atoms with Crippen molar-refractivity contribution in [3.05, 3.63) is 59.7 Å². The van der Waals surface area contributed by atoms with Crippen LogP contribution in [-0.2, 0) is 17.9 Å². The molecule has 2 aromatic carbocycles. The summed E-state index contributed by atoms with van der Waals surface area (Å²) in [6, 6.07) is 16.4. The maximum Gasteiger partial charge on any atom is 0.236 e. The molecule has 0 bridgehead atoms. The molecule has 0 saturated heterocycles. The fourth-order valence-corrected chi connectivity index (χ4v) is 3.11. The topological polar surface area (TPSA) is 42.0 Å². The lowest BCUT2D eigenvalue weighted by Crippen LogP contribution is -2.38. The molecule has 0 radical (unpaired) electrons. The van der Waals surface area contributed by atoms with Crippen LogP contribution in [0.3, 0.4) is 0 Å². The quantitative estimate of drug-likeness (QED) is 0.681. The molecule has 144 valence electrons. The molecular formula is C22H28N2O3. The van der Waals surface area contributed by atoms with Gasteiger partial charge in [0.1, 0.15) is 11.5 Å². The van der Waals surface area contributed by atoms with Gasteiger partial charge in [-0.2, -0.15) is 0 Å². The molecule has 0 atom stereocenters. The maximum atomic E-state index is 12.7. The van der Waals surface area contributed by atoms with Crippen molar-refractivity contribution < 1.29 is 14.3 Å². The molecule has 0 unspecified atom stereocenters. The maximum absolute atomic E-state index is 12.7. The van der Waals surface area contributed by atoms with Gasteiger partial charge in [-0.05, 0) is 48.2 Å². The Labute approximate surface area is 161 Å². The van der Waals surface area contributed by atoms with Gasteiger partial charge in [-0.15, -0.1) is 0 Å². The van der Waals surface area contributed by atoms with E-state index in [4.69, 9.17) is 9.47 Å². The Morgan fingerprint density at radius 2 is 1.37 bits per heavy atom. The Balaban J connectivity index is 1.57. The molecule has 5 heteroatoms. The van der Waals surface area contributed by atoms with E-state index in [1.165, 1.54) is 18.4 Å². The molecule has 1 saturated carbocycles. The molecule has 3 rings (SSSR count). The molecule has 1 fully saturated rings. The Morgan fingerprint density at radius 1 is 0.889 bits per heavy atom. The minimum atomic E-state index is 0.145. The first-order valence-electron chi connectivity index (χ1n) is 9.33. The van der Waals surface area contributed by atoms with E-state index in [0.29, 0.717) is 19.1 Å². The second-order valence-corrected chi connectivity index (χ2v) is 7.08. The summed E-state index contributed by atoms with van der Waals surface area (Å²) in [5, 5.41) is 0. The fraction of sp³-hybridized carbons (Fsp3) is 0.409. The summed E-state index contributed by atoms with van der Waals surface area (Å²) in [6.45, 7) is 1.84. The highest BCUT2D eigenvalue weighted by atomic mass is 16.5. The van der Waals surface area contributed by atoms with Crippen LogP contribution < -0.4 is 9.47 Å². The van der Waals surface area contributed by atoms with Gasteiger partial charge < -0.3 is 14.4 Å². The van der Waals surface area contributed by atoms with Crippen LogP contribution in [-0.4, -0.2) is 49.6 Å². The number of ether oxygens (including phenoxy) is 2. The average Bonchev–Trinajstić information content (AvgIpc) is 3.54. The largest absolute Gasteiger partial charge is 0.497 e. The predicted molar refractivity (Wildman–Crippen MR) is 106 cm³/mol. The minimum Gasteiger partial charge on any atom is -0.497 e. The zero-order valence-electron chi connectivity index (χ0n) is 16.4. The molecule has 0 N–H and O–H groups in total. The second-order valence-electron chi connectivity index (χ2n) is 7.08. The summed E-state index contributed by atoms with van der Waals surface area (Å²) in [7, 11) is 5.19. The SMILES string of the molecule is COc1ccc(CN(C)C(=O)CN(Cc2ccc(OC)cc2)C2CC2)cc1. The normalized spacial score (nSPS) is 13.5. The number of methoxy groups -OCH3 is 2. The standard InChI is InChI=1S/C22H28N2O3/c1-23(14-17-4-10-20(26-2)11-5-17)22(25)16-24(19-8-9-19)15-18-6-12-21(27-3)13-7-18/h4-7,10-13,19H,8-9,14-16H2,1-3H3. The molecule has 0 aliphatic heterocycles. The van der Waals surface area contributed by atoms with Crippen molar-refractivity contribution in [1.29, 1.82) is 0 Å². The number of amides is 1. The van der Waals surface area contributed by atoms with Gasteiger partial charge in [0.15, 0.2) is 0 Å². The predicted octanol–water partition coefficient (Wildman–Crippen LogP) is 3.33. The number of benzene rings is 2. The molecule has 1 amide bonds. The van der Waals surface area contributed by atoms with Gasteiger partial charge in [0.2, 0.25) is 5.91 Å². The van der Waals surface area contributed by atoms with Crippen LogP contribution in [0.4, 0.5) is 0 Å². The van der Waals surface area contributed by atoms with Crippen LogP contribution in [0.25, 0.3) is 0 Å². The Kier molecular flexibility index (Phi) is 6.35. The van der Waals surface area contributed by atoms with Crippen molar-refractivity contribution in [2.24, 2.45) is 0 Å². The third-order valence-electron chi connectivity index (χ3n) is 4.95. The number of carbonyl (C=O) groups excluding carboxylic acids is 1. The third-order valence-corrected chi connectivity index (χ3v) is 4.95. The highest BCUT2D eigenvalue weighted by Crippen LogP contribution is 2.28. The van der Waals surface area contributed by atoms with E-state index in [0.717, 1.165) is 23.6 Å². The van der Waals surface area contributed by atoms with Gasteiger partial charge in [0, 0.05) is 26.2 Å². The summed E-state index contributed by atoms with van der Waals surface area (Å²) in [4.78, 5) is 16.8. The summed E-state index contributed by atoms with van der Waals surface area (Å²) in [5.74, 6) is 1.82. The van der Waals surface area contributed by atoms with Gasteiger partial charge in [-0.3, -0.25) is 9.69 Å². The van der Waals surface area contributed by atoms with Gasteiger partial charge in [0.25, 0.3) is 0 Å². The number of hydrogen-bond donors (Lipinski definition) is 0. The lowest BCUT2D eigenvalue weighted by atomic mass is 10.2. The lowest BCUT2D eigenvalue weighted by molar-refractivity contribution is -0.132. The van der Waals surface area contributed by atoms with Gasteiger partial charge in [-0.1, -0.05) is 24.3 Å². The molecule has 5 nitrogen and oxygen atoms in total. The van der Waals surface area contributed by atoms with Crippen LogP contribution in [0.5, 0.6) is 11.5 Å². The van der Waals surface area contributed by atoms with E-state index < -0.39 is 0 Å². The van der Waals surface area contributed by atoms with Gasteiger partial charge >= 0.3 is 0 Å². The van der Waals surface area contributed by atoms with E-state index in [1.54, 1.807) is 19.1 Å². The number of likely N-dealkylation sites (N-methyl/N-ethyl adjacent to an activating group) is 1. The van der Waals surface area contributed by atoms with Crippen molar-refractivity contribution in [2.45, 2.75) is 32.0 Å². The highest BCUT2D eigenvalue weighted by molar-refractivity contribution is 5.78. The van der Waals surface area contributed by atoms with E-state index >= 15 is 0 Å². The molecule has 0 aromatic heterocycles. The Hall–Kier alpha value is -2.53. The summed E-state index contributed by atoms with van der Waals surface area (Å²) < 4.78 is 10.4. The van der Waals surface area contributed by atoms with Crippen molar-refractivity contribution in [3.63, 3.8) is 0 Å².